The number of carbonyl (C=O) groups is 2. The van der Waals surface area contributed by atoms with Crippen molar-refractivity contribution in [3.05, 3.63) is 70.8 Å². The molecule has 8 heteroatoms. The van der Waals surface area contributed by atoms with Crippen LogP contribution in [0.25, 0.3) is 0 Å². The van der Waals surface area contributed by atoms with E-state index in [0.717, 1.165) is 24.3 Å². The number of halogens is 3. The Labute approximate surface area is 133 Å². The third-order valence-electron chi connectivity index (χ3n) is 3.32. The standard InChI is InChI=1S/C16H11F3O5/c17-16(18,19)10-7-5-9(6-8-10)13(20)11-3-1-2-4-12(11)15(23,24)14(21)22/h1-8,23-24H,(H,21,22). The number of carboxylic acids is 1. The molecule has 0 saturated carbocycles. The summed E-state index contributed by atoms with van der Waals surface area (Å²) in [5.41, 5.74) is -2.03. The molecule has 0 aliphatic heterocycles. The molecule has 0 fully saturated rings. The summed E-state index contributed by atoms with van der Waals surface area (Å²) in [6.07, 6.45) is -4.56. The zero-order valence-corrected chi connectivity index (χ0v) is 11.9. The molecule has 3 N–H and O–H groups in total. The molecule has 2 aromatic carbocycles. The normalized spacial score (nSPS) is 12.0. The highest BCUT2D eigenvalue weighted by Crippen LogP contribution is 2.30. The molecule has 0 unspecified atom stereocenters. The average Bonchev–Trinajstić information content (AvgIpc) is 2.53. The summed E-state index contributed by atoms with van der Waals surface area (Å²) in [7, 11) is 0. The lowest BCUT2D eigenvalue weighted by Gasteiger charge is -2.19. The predicted molar refractivity (Wildman–Crippen MR) is 75.1 cm³/mol. The van der Waals surface area contributed by atoms with Crippen LogP contribution in [0.15, 0.2) is 48.5 Å². The average molecular weight is 340 g/mol. The third kappa shape index (κ3) is 3.29. The van der Waals surface area contributed by atoms with E-state index >= 15 is 0 Å². The Morgan fingerprint density at radius 2 is 1.42 bits per heavy atom. The van der Waals surface area contributed by atoms with Crippen LogP contribution in [-0.4, -0.2) is 27.1 Å². The van der Waals surface area contributed by atoms with E-state index in [2.05, 4.69) is 0 Å². The Morgan fingerprint density at radius 1 is 0.875 bits per heavy atom. The van der Waals surface area contributed by atoms with E-state index in [1.165, 1.54) is 12.1 Å². The predicted octanol–water partition coefficient (Wildman–Crippen LogP) is 2.16. The fourth-order valence-electron chi connectivity index (χ4n) is 2.07. The number of rotatable bonds is 4. The van der Waals surface area contributed by atoms with Crippen LogP contribution in [0.4, 0.5) is 13.2 Å². The van der Waals surface area contributed by atoms with Crippen LogP contribution in [0.2, 0.25) is 0 Å². The van der Waals surface area contributed by atoms with Gasteiger partial charge in [-0.15, -0.1) is 0 Å². The Balaban J connectivity index is 2.46. The minimum atomic E-state index is -4.56. The van der Waals surface area contributed by atoms with Crippen molar-refractivity contribution in [1.82, 2.24) is 0 Å². The summed E-state index contributed by atoms with van der Waals surface area (Å²) in [6.45, 7) is 0. The smallest absolute Gasteiger partial charge is 0.416 e. The fourth-order valence-corrected chi connectivity index (χ4v) is 2.07. The van der Waals surface area contributed by atoms with Crippen molar-refractivity contribution >= 4 is 11.8 Å². The van der Waals surface area contributed by atoms with Crippen LogP contribution in [0.1, 0.15) is 27.0 Å². The number of alkyl halides is 3. The molecule has 0 heterocycles. The van der Waals surface area contributed by atoms with Gasteiger partial charge in [0.15, 0.2) is 5.78 Å². The maximum atomic E-state index is 12.5. The number of aliphatic hydroxyl groups is 2. The molecule has 0 amide bonds. The molecule has 0 aliphatic carbocycles. The van der Waals surface area contributed by atoms with E-state index in [-0.39, 0.29) is 11.1 Å². The molecule has 2 rings (SSSR count). The Kier molecular flexibility index (Phi) is 4.46. The quantitative estimate of drug-likeness (QED) is 0.586. The van der Waals surface area contributed by atoms with Gasteiger partial charge >= 0.3 is 12.1 Å². The van der Waals surface area contributed by atoms with Crippen molar-refractivity contribution in [3.8, 4) is 0 Å². The molecule has 0 bridgehead atoms. The molecular formula is C16H11F3O5. The van der Waals surface area contributed by atoms with Gasteiger partial charge in [-0.3, -0.25) is 4.79 Å². The second kappa shape index (κ2) is 6.06. The van der Waals surface area contributed by atoms with E-state index in [4.69, 9.17) is 5.11 Å². The number of carbonyl (C=O) groups excluding carboxylic acids is 1. The molecule has 0 aliphatic rings. The van der Waals surface area contributed by atoms with Crippen molar-refractivity contribution in [2.75, 3.05) is 0 Å². The van der Waals surface area contributed by atoms with Gasteiger partial charge in [0.2, 0.25) is 0 Å². The van der Waals surface area contributed by atoms with Crippen LogP contribution in [-0.2, 0) is 16.8 Å². The van der Waals surface area contributed by atoms with Crippen molar-refractivity contribution in [2.24, 2.45) is 0 Å². The van der Waals surface area contributed by atoms with Gasteiger partial charge in [0, 0.05) is 16.7 Å². The first-order chi connectivity index (χ1) is 11.0. The maximum Gasteiger partial charge on any atom is 0.416 e. The molecular weight excluding hydrogens is 329 g/mol. The number of benzene rings is 2. The topological polar surface area (TPSA) is 94.8 Å². The highest BCUT2D eigenvalue weighted by atomic mass is 19.4. The van der Waals surface area contributed by atoms with E-state index in [9.17, 15) is 33.0 Å². The molecule has 0 atom stereocenters. The van der Waals surface area contributed by atoms with Gasteiger partial charge in [0.25, 0.3) is 5.79 Å². The summed E-state index contributed by atoms with van der Waals surface area (Å²) in [5, 5.41) is 28.2. The molecule has 2 aromatic rings. The Bertz CT molecular complexity index is 779. The van der Waals surface area contributed by atoms with Gasteiger partial charge in [-0.05, 0) is 12.1 Å². The monoisotopic (exact) mass is 340 g/mol. The largest absolute Gasteiger partial charge is 0.477 e. The molecule has 0 spiro atoms. The molecule has 24 heavy (non-hydrogen) atoms. The van der Waals surface area contributed by atoms with Crippen LogP contribution in [0, 0.1) is 0 Å². The molecule has 126 valence electrons. The minimum Gasteiger partial charge on any atom is -0.477 e. The first-order valence-corrected chi connectivity index (χ1v) is 6.54. The van der Waals surface area contributed by atoms with Crippen LogP contribution >= 0.6 is 0 Å². The van der Waals surface area contributed by atoms with E-state index in [1.54, 1.807) is 0 Å². The second-order valence-corrected chi connectivity index (χ2v) is 4.93. The number of ketones is 1. The Morgan fingerprint density at radius 3 is 1.92 bits per heavy atom. The highest BCUT2D eigenvalue weighted by Gasteiger charge is 2.39. The third-order valence-corrected chi connectivity index (χ3v) is 3.32. The summed E-state index contributed by atoms with van der Waals surface area (Å²) in [4.78, 5) is 23.4. The van der Waals surface area contributed by atoms with Gasteiger partial charge < -0.3 is 15.3 Å². The Hall–Kier alpha value is -2.71. The van der Waals surface area contributed by atoms with Crippen molar-refractivity contribution in [1.29, 1.82) is 0 Å². The minimum absolute atomic E-state index is 0.156. The van der Waals surface area contributed by atoms with Gasteiger partial charge in [-0.1, -0.05) is 36.4 Å². The molecule has 0 aromatic heterocycles. The van der Waals surface area contributed by atoms with Crippen LogP contribution < -0.4 is 0 Å². The summed E-state index contributed by atoms with van der Waals surface area (Å²) < 4.78 is 37.6. The zero-order valence-electron chi connectivity index (χ0n) is 11.9. The number of hydrogen-bond donors (Lipinski definition) is 3. The lowest BCUT2D eigenvalue weighted by atomic mass is 9.93. The van der Waals surface area contributed by atoms with E-state index in [1.807, 2.05) is 0 Å². The SMILES string of the molecule is O=C(c1ccc(C(F)(F)F)cc1)c1ccccc1C(O)(O)C(=O)O. The summed E-state index contributed by atoms with van der Waals surface area (Å²) in [5.74, 6) is -6.14. The number of carboxylic acid groups (broad SMARTS) is 1. The van der Waals surface area contributed by atoms with Crippen LogP contribution in [0.3, 0.4) is 0 Å². The zero-order chi connectivity index (χ0) is 18.1. The van der Waals surface area contributed by atoms with Gasteiger partial charge in [0.05, 0.1) is 5.56 Å². The van der Waals surface area contributed by atoms with Crippen molar-refractivity contribution in [2.45, 2.75) is 12.0 Å². The first kappa shape index (κ1) is 17.6. The number of aliphatic carboxylic acids is 1. The molecule has 0 saturated heterocycles. The lowest BCUT2D eigenvalue weighted by molar-refractivity contribution is -0.208. The van der Waals surface area contributed by atoms with E-state index < -0.39 is 34.8 Å². The number of hydrogen-bond acceptors (Lipinski definition) is 4. The lowest BCUT2D eigenvalue weighted by Crippen LogP contribution is -2.36. The summed E-state index contributed by atoms with van der Waals surface area (Å²) >= 11 is 0. The maximum absolute atomic E-state index is 12.5. The molecule has 0 radical (unpaired) electrons. The van der Waals surface area contributed by atoms with E-state index in [0.29, 0.717) is 12.1 Å². The molecule has 5 nitrogen and oxygen atoms in total. The summed E-state index contributed by atoms with van der Waals surface area (Å²) in [6, 6.07) is 8.11. The van der Waals surface area contributed by atoms with Crippen molar-refractivity contribution < 1.29 is 38.1 Å². The second-order valence-electron chi connectivity index (χ2n) is 4.93. The van der Waals surface area contributed by atoms with Gasteiger partial charge in [-0.25, -0.2) is 4.79 Å². The fraction of sp³-hybridized carbons (Fsp3) is 0.125. The van der Waals surface area contributed by atoms with Gasteiger partial charge in [0.1, 0.15) is 0 Å². The van der Waals surface area contributed by atoms with Crippen LogP contribution in [0.5, 0.6) is 0 Å². The van der Waals surface area contributed by atoms with Crippen molar-refractivity contribution in [3.63, 3.8) is 0 Å². The van der Waals surface area contributed by atoms with Gasteiger partial charge in [-0.2, -0.15) is 13.2 Å². The first-order valence-electron chi connectivity index (χ1n) is 6.54. The highest BCUT2D eigenvalue weighted by molar-refractivity contribution is 6.10.